The Morgan fingerprint density at radius 3 is 2.27 bits per heavy atom. The summed E-state index contributed by atoms with van der Waals surface area (Å²) in [4.78, 5) is 32.1. The molecule has 2 atom stereocenters. The van der Waals surface area contributed by atoms with Crippen molar-refractivity contribution < 1.29 is 67.5 Å². The Bertz CT molecular complexity index is 2800. The molecule has 1 aliphatic rings. The van der Waals surface area contributed by atoms with Gasteiger partial charge in [0.05, 0.1) is 39.0 Å². The van der Waals surface area contributed by atoms with Crippen molar-refractivity contribution in [3.05, 3.63) is 93.0 Å². The molecule has 2 amide bonds. The van der Waals surface area contributed by atoms with Gasteiger partial charge in [-0.2, -0.15) is 49.6 Å². The Hall–Kier alpha value is -5.38. The second-order valence-electron chi connectivity index (χ2n) is 15.9. The van der Waals surface area contributed by atoms with Gasteiger partial charge < -0.3 is 15.2 Å². The summed E-state index contributed by atoms with van der Waals surface area (Å²) in [6.45, 7) is 3.97. The molecule has 2 N–H and O–H groups in total. The zero-order valence-electron chi connectivity index (χ0n) is 38.2. The van der Waals surface area contributed by atoms with Crippen molar-refractivity contribution in [2.75, 3.05) is 30.0 Å². The molecule has 3 aromatic heterocycles. The minimum absolute atomic E-state index is 0.0129. The Morgan fingerprint density at radius 1 is 1.01 bits per heavy atom. The van der Waals surface area contributed by atoms with Crippen molar-refractivity contribution in [1.82, 2.24) is 29.9 Å². The number of nitrogens with one attached hydrogen (secondary N) is 1. The van der Waals surface area contributed by atoms with E-state index in [4.69, 9.17) is 21.4 Å². The fraction of sp³-hybridized carbons (Fsp3) is 0.444. The van der Waals surface area contributed by atoms with Crippen LogP contribution in [0.4, 0.5) is 54.5 Å². The molecule has 0 spiro atoms. The number of carbonyl (C=O) groups excluding carboxylic acids is 2. The number of fused-ring (bicyclic) bond motifs is 2. The molecule has 6 rings (SSSR count). The van der Waals surface area contributed by atoms with Crippen LogP contribution >= 0.6 is 23.4 Å². The molecule has 12 nitrogen and oxygen atoms in total. The van der Waals surface area contributed by atoms with Gasteiger partial charge in [0.2, 0.25) is 5.91 Å². The normalized spacial score (nSPS) is 14.3. The number of aromatic nitrogens is 5. The minimum Gasteiger partial charge on any atom is -0.448 e. The van der Waals surface area contributed by atoms with Gasteiger partial charge in [0.1, 0.15) is 47.1 Å². The minimum atomic E-state index is -5.17. The average molecular weight is 1050 g/mol. The number of hydrogen-bond donors (Lipinski definition) is 2. The first kappa shape index (κ1) is 55.5. The summed E-state index contributed by atoms with van der Waals surface area (Å²) in [5.74, 6) is -1.94. The van der Waals surface area contributed by atoms with Crippen LogP contribution in [0.15, 0.2) is 42.5 Å². The lowest BCUT2D eigenvalue weighted by Crippen LogP contribution is -2.35. The molecule has 3 heterocycles. The third-order valence-corrected chi connectivity index (χ3v) is 12.7. The summed E-state index contributed by atoms with van der Waals surface area (Å²) >= 11 is 8.03. The zero-order chi connectivity index (χ0) is 52.1. The van der Waals surface area contributed by atoms with Gasteiger partial charge in [0, 0.05) is 42.0 Å². The van der Waals surface area contributed by atoms with Crippen LogP contribution in [0.2, 0.25) is 5.02 Å². The summed E-state index contributed by atoms with van der Waals surface area (Å²) in [5.41, 5.74) is -4.72. The number of nitrogens with zero attached hydrogens (tertiary/aromatic N) is 6. The van der Waals surface area contributed by atoms with E-state index in [0.29, 0.717) is 15.1 Å². The summed E-state index contributed by atoms with van der Waals surface area (Å²) in [6.07, 6.45) is -10.6. The Kier molecular flexibility index (Phi) is 17.7. The van der Waals surface area contributed by atoms with Crippen LogP contribution in [-0.4, -0.2) is 82.5 Å². The molecule has 70 heavy (non-hydrogen) atoms. The van der Waals surface area contributed by atoms with Crippen LogP contribution in [0, 0.1) is 23.5 Å². The number of unbranched alkanes of at least 4 members (excludes halogenated alkanes) is 1. The van der Waals surface area contributed by atoms with E-state index in [1.54, 1.807) is 20.1 Å². The highest BCUT2D eigenvalue weighted by molar-refractivity contribution is 8.00. The molecule has 2 aromatic carbocycles. The number of carbonyl (C=O) groups is 2. The number of hydrogen-bond acceptors (Lipinski definition) is 9. The maximum absolute atomic E-state index is 15.1. The van der Waals surface area contributed by atoms with E-state index in [2.05, 4.69) is 32.3 Å². The molecule has 2 unspecified atom stereocenters. The van der Waals surface area contributed by atoms with Crippen molar-refractivity contribution in [2.45, 2.75) is 102 Å². The average Bonchev–Trinajstić information content (AvgIpc) is 3.93. The number of alkyl halides is 8. The number of aliphatic hydroxyl groups excluding tert-OH is 1. The van der Waals surface area contributed by atoms with Gasteiger partial charge in [-0.15, -0.1) is 11.8 Å². The van der Waals surface area contributed by atoms with Crippen molar-refractivity contribution >= 4 is 63.1 Å². The molecule has 0 bridgehead atoms. The van der Waals surface area contributed by atoms with Gasteiger partial charge in [-0.3, -0.25) is 14.2 Å². The molecule has 25 heteroatoms. The van der Waals surface area contributed by atoms with Crippen LogP contribution in [-0.2, 0) is 58.5 Å². The number of benzene rings is 2. The van der Waals surface area contributed by atoms with E-state index in [1.165, 1.54) is 36.0 Å². The van der Waals surface area contributed by atoms with Gasteiger partial charge in [-0.25, -0.2) is 22.8 Å². The lowest BCUT2D eigenvalue weighted by atomic mass is 9.93. The SMILES string of the molecule is CC.CSC(C)(C)C#Cc1ccc(-c2ccc(Cl)c3c(N(C(=O)OCCCCO)S(C)=O)nn(CC(F)(F)F)c23)c(C(Cc2cc(F)cc(F)c2)NC(=O)Cn2nc(C(F)(F)F)c3c2C(F)(F)CC3)n1. The zero-order valence-corrected chi connectivity index (χ0v) is 40.6. The van der Waals surface area contributed by atoms with Crippen LogP contribution in [0.1, 0.15) is 86.9 Å². The van der Waals surface area contributed by atoms with E-state index >= 15 is 8.78 Å². The maximum Gasteiger partial charge on any atom is 0.435 e. The topological polar surface area (TPSA) is 144 Å². The van der Waals surface area contributed by atoms with Crippen molar-refractivity contribution in [3.8, 4) is 23.0 Å². The standard InChI is InChI=1S/C43H40ClF10N7O5S2.C2H6/c1-40(2,67-3)13-11-26-7-8-27(28-9-10-30(44)33-35(28)60(22-42(49,50)51)58-38(33)61(68(4)65)39(64)66-16-6-5-15-62)34(55-26)31(19-23-17-24(45)20-25(46)18-23)56-32(63)21-59-37-29(12-14-41(37,47)48)36(57-59)43(52,53)54;1-2/h7-10,17-18,20,31,62H,5-6,12,14-16,19,21-22H2,1-4H3,(H,56,63);1-2H3. The molecule has 0 radical (unpaired) electrons. The monoisotopic (exact) mass is 1050 g/mol. The summed E-state index contributed by atoms with van der Waals surface area (Å²) in [5, 5.41) is 18.4. The lowest BCUT2D eigenvalue weighted by Gasteiger charge is -2.23. The highest BCUT2D eigenvalue weighted by Gasteiger charge is 2.50. The largest absolute Gasteiger partial charge is 0.448 e. The second kappa shape index (κ2) is 22.4. The molecular formula is C45H46ClF10N7O5S2. The first-order valence-corrected chi connectivity index (χ1v) is 24.4. The lowest BCUT2D eigenvalue weighted by molar-refractivity contribution is -0.142. The van der Waals surface area contributed by atoms with Crippen LogP contribution in [0.5, 0.6) is 0 Å². The molecule has 0 aliphatic heterocycles. The smallest absolute Gasteiger partial charge is 0.435 e. The highest BCUT2D eigenvalue weighted by atomic mass is 35.5. The molecule has 380 valence electrons. The third-order valence-electron chi connectivity index (χ3n) is 10.4. The number of rotatable bonds is 15. The van der Waals surface area contributed by atoms with Crippen LogP contribution < -0.4 is 9.62 Å². The third kappa shape index (κ3) is 13.1. The predicted molar refractivity (Wildman–Crippen MR) is 244 cm³/mol. The first-order valence-electron chi connectivity index (χ1n) is 21.3. The molecular weight excluding hydrogens is 1010 g/mol. The van der Waals surface area contributed by atoms with E-state index < -0.39 is 124 Å². The predicted octanol–water partition coefficient (Wildman–Crippen LogP) is 10.5. The van der Waals surface area contributed by atoms with Crippen LogP contribution in [0.3, 0.4) is 0 Å². The number of thioether (sulfide) groups is 1. The number of pyridine rings is 1. The molecule has 5 aromatic rings. The molecule has 0 fully saturated rings. The summed E-state index contributed by atoms with van der Waals surface area (Å²) in [7, 11) is -2.36. The van der Waals surface area contributed by atoms with Gasteiger partial charge in [0.25, 0.3) is 5.92 Å². The molecule has 0 saturated carbocycles. The number of aliphatic hydroxyl groups is 1. The van der Waals surface area contributed by atoms with Crippen molar-refractivity contribution in [1.29, 1.82) is 0 Å². The van der Waals surface area contributed by atoms with Crippen molar-refractivity contribution in [2.24, 2.45) is 0 Å². The van der Waals surface area contributed by atoms with Gasteiger partial charge in [0.15, 0.2) is 11.5 Å². The van der Waals surface area contributed by atoms with Crippen molar-refractivity contribution in [3.63, 3.8) is 0 Å². The molecule has 1 aliphatic carbocycles. The van der Waals surface area contributed by atoms with E-state index in [1.807, 2.05) is 13.8 Å². The Labute approximate surface area is 407 Å². The summed E-state index contributed by atoms with van der Waals surface area (Å²) < 4.78 is 164. The number of amides is 2. The summed E-state index contributed by atoms with van der Waals surface area (Å²) in [6, 6.07) is 5.82. The van der Waals surface area contributed by atoms with Gasteiger partial charge in [-0.05, 0) is 87.6 Å². The van der Waals surface area contributed by atoms with Gasteiger partial charge >= 0.3 is 18.4 Å². The van der Waals surface area contributed by atoms with Gasteiger partial charge in [-0.1, -0.05) is 37.4 Å². The number of halogens is 11. The number of anilines is 1. The maximum atomic E-state index is 15.1. The fourth-order valence-electron chi connectivity index (χ4n) is 7.40. The molecule has 0 saturated heterocycles. The Balaban J connectivity index is 0.00000450. The van der Waals surface area contributed by atoms with E-state index in [9.17, 15) is 48.9 Å². The quantitative estimate of drug-likeness (QED) is 0.0595. The van der Waals surface area contributed by atoms with E-state index in [-0.39, 0.29) is 69.2 Å². The number of ether oxygens (including phenoxy) is 1. The second-order valence-corrected chi connectivity index (χ2v) is 19.0. The van der Waals surface area contributed by atoms with E-state index in [0.717, 1.165) is 18.4 Å². The fourth-order valence-corrected chi connectivity index (χ4v) is 8.42. The first-order chi connectivity index (χ1) is 32.7. The van der Waals surface area contributed by atoms with Crippen LogP contribution in [0.25, 0.3) is 22.0 Å². The highest BCUT2D eigenvalue weighted by Crippen LogP contribution is 2.47. The Morgan fingerprint density at radius 2 is 1.67 bits per heavy atom.